The van der Waals surface area contributed by atoms with Crippen LogP contribution in [0.2, 0.25) is 0 Å². The van der Waals surface area contributed by atoms with Crippen molar-refractivity contribution in [2.24, 2.45) is 5.84 Å². The maximum atomic E-state index is 5.52. The van der Waals surface area contributed by atoms with E-state index in [-0.39, 0.29) is 0 Å². The van der Waals surface area contributed by atoms with Crippen molar-refractivity contribution in [2.75, 3.05) is 5.43 Å². The molecule has 0 aliphatic rings. The number of aromatic nitrogens is 2. The van der Waals surface area contributed by atoms with Gasteiger partial charge >= 0.3 is 0 Å². The zero-order valence-electron chi connectivity index (χ0n) is 11.9. The van der Waals surface area contributed by atoms with Crippen LogP contribution in [0.5, 0.6) is 0 Å². The first-order valence-electron chi connectivity index (χ1n) is 6.93. The lowest BCUT2D eigenvalue weighted by Gasteiger charge is -2.07. The minimum Gasteiger partial charge on any atom is -0.308 e. The molecular weight excluding hydrogens is 292 g/mol. The maximum absolute atomic E-state index is 5.52. The van der Waals surface area contributed by atoms with Gasteiger partial charge in [-0.1, -0.05) is 72.4 Å². The first-order valence-corrected chi connectivity index (χ1v) is 7.91. The number of nitrogen functional groups attached to an aromatic ring is 1. The molecule has 0 saturated carbocycles. The van der Waals surface area contributed by atoms with Crippen molar-refractivity contribution in [3.8, 4) is 11.3 Å². The van der Waals surface area contributed by atoms with Crippen molar-refractivity contribution in [3.05, 3.63) is 72.3 Å². The van der Waals surface area contributed by atoms with Gasteiger partial charge in [-0.15, -0.1) is 0 Å². The van der Waals surface area contributed by atoms with E-state index in [9.17, 15) is 0 Å². The Kier molecular flexibility index (Phi) is 4.68. The molecule has 5 heteroatoms. The summed E-state index contributed by atoms with van der Waals surface area (Å²) in [5, 5.41) is 0.707. The zero-order chi connectivity index (χ0) is 15.2. The summed E-state index contributed by atoms with van der Waals surface area (Å²) in [5.41, 5.74) is 5.76. The van der Waals surface area contributed by atoms with Crippen LogP contribution in [-0.2, 0) is 5.75 Å². The molecule has 0 radical (unpaired) electrons. The van der Waals surface area contributed by atoms with Crippen LogP contribution >= 0.6 is 11.8 Å². The monoisotopic (exact) mass is 308 g/mol. The van der Waals surface area contributed by atoms with Crippen LogP contribution in [0.15, 0.2) is 71.9 Å². The summed E-state index contributed by atoms with van der Waals surface area (Å²) in [6, 6.07) is 22.1. The molecule has 1 aromatic heterocycles. The van der Waals surface area contributed by atoms with Gasteiger partial charge in [0.15, 0.2) is 5.16 Å². The lowest BCUT2D eigenvalue weighted by Crippen LogP contribution is -2.09. The highest BCUT2D eigenvalue weighted by Gasteiger charge is 2.07. The number of rotatable bonds is 5. The van der Waals surface area contributed by atoms with E-state index in [0.717, 1.165) is 17.0 Å². The molecular formula is C17H16N4S. The lowest BCUT2D eigenvalue weighted by molar-refractivity contribution is 0.968. The van der Waals surface area contributed by atoms with E-state index in [1.54, 1.807) is 11.8 Å². The summed E-state index contributed by atoms with van der Waals surface area (Å²) >= 11 is 1.59. The van der Waals surface area contributed by atoms with Crippen LogP contribution in [0.4, 0.5) is 5.82 Å². The average molecular weight is 308 g/mol. The number of nitrogens with two attached hydrogens (primary N) is 1. The third kappa shape index (κ3) is 3.63. The number of hydrogen-bond donors (Lipinski definition) is 2. The van der Waals surface area contributed by atoms with Gasteiger partial charge in [0.05, 0.1) is 5.69 Å². The molecule has 0 aliphatic heterocycles. The quantitative estimate of drug-likeness (QED) is 0.325. The van der Waals surface area contributed by atoms with Gasteiger partial charge < -0.3 is 5.43 Å². The molecule has 0 fully saturated rings. The van der Waals surface area contributed by atoms with Crippen LogP contribution in [0, 0.1) is 0 Å². The molecule has 0 spiro atoms. The van der Waals surface area contributed by atoms with Gasteiger partial charge in [0.2, 0.25) is 0 Å². The van der Waals surface area contributed by atoms with Crippen LogP contribution in [0.3, 0.4) is 0 Å². The topological polar surface area (TPSA) is 63.8 Å². The maximum Gasteiger partial charge on any atom is 0.190 e. The molecule has 1 heterocycles. The number of hydrogen-bond acceptors (Lipinski definition) is 5. The number of benzene rings is 2. The molecule has 0 saturated heterocycles. The highest BCUT2D eigenvalue weighted by atomic mass is 32.2. The summed E-state index contributed by atoms with van der Waals surface area (Å²) in [7, 11) is 0. The summed E-state index contributed by atoms with van der Waals surface area (Å²) in [5.74, 6) is 6.96. The third-order valence-corrected chi connectivity index (χ3v) is 4.05. The molecule has 3 rings (SSSR count). The Hall–Kier alpha value is -2.37. The summed E-state index contributed by atoms with van der Waals surface area (Å²) in [6.07, 6.45) is 0. The molecule has 0 amide bonds. The zero-order valence-corrected chi connectivity index (χ0v) is 12.8. The van der Waals surface area contributed by atoms with E-state index in [0.29, 0.717) is 11.0 Å². The van der Waals surface area contributed by atoms with Crippen LogP contribution in [0.1, 0.15) is 5.56 Å². The minimum atomic E-state index is 0.615. The van der Waals surface area contributed by atoms with Crippen LogP contribution in [-0.4, -0.2) is 9.97 Å². The van der Waals surface area contributed by atoms with Crippen molar-refractivity contribution in [1.82, 2.24) is 9.97 Å². The predicted octanol–water partition coefficient (Wildman–Crippen LogP) is 3.72. The minimum absolute atomic E-state index is 0.615. The SMILES string of the molecule is NNc1cc(-c2ccccc2)nc(SCc2ccccc2)n1. The van der Waals surface area contributed by atoms with Crippen molar-refractivity contribution in [2.45, 2.75) is 10.9 Å². The summed E-state index contributed by atoms with van der Waals surface area (Å²) < 4.78 is 0. The van der Waals surface area contributed by atoms with Crippen molar-refractivity contribution in [3.63, 3.8) is 0 Å². The molecule has 0 aliphatic carbocycles. The Bertz CT molecular complexity index is 732. The van der Waals surface area contributed by atoms with Crippen molar-refractivity contribution in [1.29, 1.82) is 0 Å². The Morgan fingerprint density at radius 2 is 1.59 bits per heavy atom. The van der Waals surface area contributed by atoms with Gasteiger partial charge in [-0.3, -0.25) is 0 Å². The Morgan fingerprint density at radius 1 is 0.909 bits per heavy atom. The number of anilines is 1. The Labute approximate surface area is 133 Å². The largest absolute Gasteiger partial charge is 0.308 e. The Morgan fingerprint density at radius 3 is 2.27 bits per heavy atom. The molecule has 22 heavy (non-hydrogen) atoms. The molecule has 4 nitrogen and oxygen atoms in total. The van der Waals surface area contributed by atoms with Crippen molar-refractivity contribution >= 4 is 17.6 Å². The number of nitrogens with one attached hydrogen (secondary N) is 1. The van der Waals surface area contributed by atoms with E-state index in [1.807, 2.05) is 54.6 Å². The molecule has 110 valence electrons. The highest BCUT2D eigenvalue weighted by molar-refractivity contribution is 7.98. The summed E-state index contributed by atoms with van der Waals surface area (Å²) in [4.78, 5) is 9.03. The van der Waals surface area contributed by atoms with Crippen molar-refractivity contribution < 1.29 is 0 Å². The first kappa shape index (κ1) is 14.6. The molecule has 0 bridgehead atoms. The molecule has 3 N–H and O–H groups in total. The van der Waals surface area contributed by atoms with E-state index in [4.69, 9.17) is 5.84 Å². The van der Waals surface area contributed by atoms with Crippen LogP contribution < -0.4 is 11.3 Å². The van der Waals surface area contributed by atoms with Gasteiger partial charge in [0.25, 0.3) is 0 Å². The fourth-order valence-corrected chi connectivity index (χ4v) is 2.86. The molecule has 3 aromatic rings. The van der Waals surface area contributed by atoms with Crippen LogP contribution in [0.25, 0.3) is 11.3 Å². The molecule has 0 atom stereocenters. The van der Waals surface area contributed by atoms with E-state index < -0.39 is 0 Å². The van der Waals surface area contributed by atoms with Gasteiger partial charge in [0, 0.05) is 17.4 Å². The van der Waals surface area contributed by atoms with Gasteiger partial charge in [-0.05, 0) is 5.56 Å². The second-order valence-corrected chi connectivity index (χ2v) is 5.65. The van der Waals surface area contributed by atoms with E-state index >= 15 is 0 Å². The Balaban J connectivity index is 1.85. The highest BCUT2D eigenvalue weighted by Crippen LogP contribution is 2.25. The second-order valence-electron chi connectivity index (χ2n) is 4.71. The smallest absolute Gasteiger partial charge is 0.190 e. The van der Waals surface area contributed by atoms with Gasteiger partial charge in [-0.2, -0.15) is 0 Å². The second kappa shape index (κ2) is 7.06. The van der Waals surface area contributed by atoms with E-state index in [2.05, 4.69) is 27.5 Å². The molecule has 0 unspecified atom stereocenters. The third-order valence-electron chi connectivity index (χ3n) is 3.13. The fourth-order valence-electron chi connectivity index (χ4n) is 2.04. The normalized spacial score (nSPS) is 10.4. The standard InChI is InChI=1S/C17H16N4S/c18-21-16-11-15(14-9-5-2-6-10-14)19-17(20-16)22-12-13-7-3-1-4-8-13/h1-11H,12,18H2,(H,19,20,21). The van der Waals surface area contributed by atoms with Gasteiger partial charge in [-0.25, -0.2) is 15.8 Å². The number of hydrazine groups is 1. The van der Waals surface area contributed by atoms with Gasteiger partial charge in [0.1, 0.15) is 5.82 Å². The van der Waals surface area contributed by atoms with E-state index in [1.165, 1.54) is 5.56 Å². The summed E-state index contributed by atoms with van der Waals surface area (Å²) in [6.45, 7) is 0. The number of nitrogens with zero attached hydrogens (tertiary/aromatic N) is 2. The number of thioether (sulfide) groups is 1. The first-order chi connectivity index (χ1) is 10.8. The lowest BCUT2D eigenvalue weighted by atomic mass is 10.1. The fraction of sp³-hybridized carbons (Fsp3) is 0.0588. The molecule has 2 aromatic carbocycles. The average Bonchev–Trinajstić information content (AvgIpc) is 2.61. The predicted molar refractivity (Wildman–Crippen MR) is 91.3 cm³/mol.